The maximum atomic E-state index is 12.9. The molecule has 9 nitrogen and oxygen atoms in total. The molecule has 0 aromatic carbocycles. The Balaban J connectivity index is 4.17. The van der Waals surface area contributed by atoms with Crippen molar-refractivity contribution in [3.8, 4) is 0 Å². The minimum absolute atomic E-state index is 0.178. The third kappa shape index (κ3) is 63.9. The highest BCUT2D eigenvalue weighted by atomic mass is 16.7. The molecule has 1 N–H and O–H groups in total. The quantitative estimate of drug-likeness (QED) is 0.0211. The summed E-state index contributed by atoms with van der Waals surface area (Å²) >= 11 is 0. The van der Waals surface area contributed by atoms with Gasteiger partial charge in [-0.25, -0.2) is 4.79 Å². The number of quaternary nitrogens is 1. The van der Waals surface area contributed by atoms with Crippen LogP contribution in [0.3, 0.4) is 0 Å². The summed E-state index contributed by atoms with van der Waals surface area (Å²) in [6.45, 7) is 4.76. The van der Waals surface area contributed by atoms with E-state index in [1.54, 1.807) is 0 Å². The third-order valence-electron chi connectivity index (χ3n) is 14.7. The van der Waals surface area contributed by atoms with Crippen LogP contribution in [0.4, 0.5) is 0 Å². The van der Waals surface area contributed by atoms with E-state index in [0.717, 1.165) is 83.5 Å². The number of allylic oxidation sites excluding steroid dienone is 14. The fourth-order valence-electron chi connectivity index (χ4n) is 9.53. The zero-order valence-corrected chi connectivity index (χ0v) is 53.4. The van der Waals surface area contributed by atoms with Crippen molar-refractivity contribution in [1.82, 2.24) is 0 Å². The normalized spacial score (nSPS) is 13.2. The lowest BCUT2D eigenvalue weighted by Crippen LogP contribution is -2.40. The predicted molar refractivity (Wildman–Crippen MR) is 346 cm³/mol. The summed E-state index contributed by atoms with van der Waals surface area (Å²) in [6, 6.07) is 0. The molecule has 0 aliphatic carbocycles. The number of ether oxygens (including phenoxy) is 4. The van der Waals surface area contributed by atoms with Crippen LogP contribution >= 0.6 is 0 Å². The number of likely N-dealkylation sites (N-methyl/N-ethyl adjacent to an activating group) is 1. The van der Waals surface area contributed by atoms with Gasteiger partial charge in [0.15, 0.2) is 6.10 Å². The van der Waals surface area contributed by atoms with Gasteiger partial charge in [0.1, 0.15) is 13.2 Å². The molecule has 0 aromatic heterocycles. The molecule has 468 valence electrons. The summed E-state index contributed by atoms with van der Waals surface area (Å²) in [6.07, 6.45) is 81.3. The maximum Gasteiger partial charge on any atom is 0.361 e. The average Bonchev–Trinajstić information content (AvgIpc) is 3.44. The Morgan fingerprint density at radius 1 is 0.383 bits per heavy atom. The molecule has 2 unspecified atom stereocenters. The molecule has 0 aliphatic heterocycles. The van der Waals surface area contributed by atoms with E-state index >= 15 is 0 Å². The lowest BCUT2D eigenvalue weighted by molar-refractivity contribution is -0.870. The summed E-state index contributed by atoms with van der Waals surface area (Å²) < 4.78 is 22.9. The van der Waals surface area contributed by atoms with E-state index in [4.69, 9.17) is 18.9 Å². The monoisotopic (exact) mass is 1130 g/mol. The Bertz CT molecular complexity index is 1600. The van der Waals surface area contributed by atoms with Crippen LogP contribution < -0.4 is 0 Å². The van der Waals surface area contributed by atoms with Gasteiger partial charge in [0, 0.05) is 12.8 Å². The van der Waals surface area contributed by atoms with E-state index in [9.17, 15) is 19.5 Å². The van der Waals surface area contributed by atoms with Crippen LogP contribution in [0.15, 0.2) is 85.1 Å². The molecule has 2 atom stereocenters. The van der Waals surface area contributed by atoms with Crippen LogP contribution in [0.5, 0.6) is 0 Å². The van der Waals surface area contributed by atoms with E-state index in [0.29, 0.717) is 23.9 Å². The lowest BCUT2D eigenvalue weighted by Gasteiger charge is -2.25. The smallest absolute Gasteiger partial charge is 0.361 e. The number of carboxylic acids is 1. The zero-order chi connectivity index (χ0) is 59.1. The van der Waals surface area contributed by atoms with Gasteiger partial charge in [-0.05, 0) is 70.6 Å². The summed E-state index contributed by atoms with van der Waals surface area (Å²) in [5, 5.41) is 9.73. The van der Waals surface area contributed by atoms with E-state index in [1.165, 1.54) is 180 Å². The standard InChI is InChI=1S/C72H127NO8/c1-6-8-10-12-14-16-18-20-22-24-26-28-30-32-33-34-35-36-37-39-40-42-44-46-48-50-52-54-56-58-60-62-69(74)79-66-68(67-80-72(71(76)77)78-65-64-73(3,4)5)81-70(75)63-61-59-57-55-53-51-49-47-45-43-41-38-31-29-27-25-23-21-19-17-15-13-11-9-7-2/h9,11,15,17,21,23,27,29,38,41,45,47,51,53,68,72H,6-8,10,12-14,16,18-20,22,24-26,28,30-37,39-40,42-44,46,48-50,52,54-67H2,1-5H3/p+1/b11-9-,17-15-,23-21-,29-27-,41-38-,47-45-,53-51-. The van der Waals surface area contributed by atoms with Crippen molar-refractivity contribution in [3.63, 3.8) is 0 Å². The molecule has 0 bridgehead atoms. The fourth-order valence-corrected chi connectivity index (χ4v) is 9.53. The number of nitrogens with zero attached hydrogens (tertiary/aromatic N) is 1. The van der Waals surface area contributed by atoms with E-state index in [-0.39, 0.29) is 32.2 Å². The van der Waals surface area contributed by atoms with E-state index < -0.39 is 24.3 Å². The van der Waals surface area contributed by atoms with Crippen molar-refractivity contribution in [2.45, 2.75) is 309 Å². The molecule has 81 heavy (non-hydrogen) atoms. The van der Waals surface area contributed by atoms with E-state index in [2.05, 4.69) is 98.9 Å². The first-order chi connectivity index (χ1) is 39.6. The van der Waals surface area contributed by atoms with Crippen molar-refractivity contribution >= 4 is 17.9 Å². The van der Waals surface area contributed by atoms with Crippen molar-refractivity contribution in [2.24, 2.45) is 0 Å². The van der Waals surface area contributed by atoms with Crippen molar-refractivity contribution in [1.29, 1.82) is 0 Å². The molecule has 0 amide bonds. The van der Waals surface area contributed by atoms with Gasteiger partial charge >= 0.3 is 17.9 Å². The summed E-state index contributed by atoms with van der Waals surface area (Å²) in [7, 11) is 5.96. The largest absolute Gasteiger partial charge is 0.477 e. The molecule has 0 fully saturated rings. The number of rotatable bonds is 62. The molecule has 0 rings (SSSR count). The second kappa shape index (κ2) is 62.5. The van der Waals surface area contributed by atoms with Crippen molar-refractivity contribution in [3.05, 3.63) is 85.1 Å². The first kappa shape index (κ1) is 77.5. The molecular weight excluding hydrogens is 1010 g/mol. The van der Waals surface area contributed by atoms with Gasteiger partial charge in [0.25, 0.3) is 6.29 Å². The molecule has 0 saturated carbocycles. The van der Waals surface area contributed by atoms with Gasteiger partial charge in [-0.2, -0.15) is 0 Å². The lowest BCUT2D eigenvalue weighted by atomic mass is 10.0. The first-order valence-corrected chi connectivity index (χ1v) is 33.8. The van der Waals surface area contributed by atoms with Gasteiger partial charge < -0.3 is 28.5 Å². The molecule has 0 spiro atoms. The van der Waals surface area contributed by atoms with E-state index in [1.807, 2.05) is 21.1 Å². The second-order valence-electron chi connectivity index (χ2n) is 23.8. The van der Waals surface area contributed by atoms with Gasteiger partial charge in [-0.1, -0.05) is 298 Å². The minimum atomic E-state index is -1.52. The highest BCUT2D eigenvalue weighted by Crippen LogP contribution is 2.18. The van der Waals surface area contributed by atoms with Crippen molar-refractivity contribution < 1.29 is 42.9 Å². The number of carbonyl (C=O) groups excluding carboxylic acids is 2. The SMILES string of the molecule is CC/C=C\C/C=C\C/C=C\C/C=C\C/C=C\C/C=C\C/C=C\CCCCCC(=O)OC(COC(=O)CCCCCCCCCCCCCCCCCCCCCCCCCCCCCCCCC)COC(OCC[N+](C)(C)C)C(=O)O. The Labute approximate surface area is 500 Å². The Hall–Kier alpha value is -3.53. The number of unbranched alkanes of at least 4 members (excludes halogenated alkanes) is 33. The summed E-state index contributed by atoms with van der Waals surface area (Å²) in [5.74, 6) is -2.04. The van der Waals surface area contributed by atoms with Crippen LogP contribution in [0.2, 0.25) is 0 Å². The van der Waals surface area contributed by atoms with Crippen LogP contribution in [0.1, 0.15) is 296 Å². The Morgan fingerprint density at radius 3 is 1.05 bits per heavy atom. The molecule has 9 heteroatoms. The number of aliphatic carboxylic acids is 1. The minimum Gasteiger partial charge on any atom is -0.477 e. The van der Waals surface area contributed by atoms with Gasteiger partial charge in [-0.15, -0.1) is 0 Å². The van der Waals surface area contributed by atoms with Crippen molar-refractivity contribution in [2.75, 3.05) is 47.5 Å². The summed E-state index contributed by atoms with van der Waals surface area (Å²) in [5.41, 5.74) is 0. The molecule has 0 aliphatic rings. The number of hydrogen-bond donors (Lipinski definition) is 1. The second-order valence-corrected chi connectivity index (χ2v) is 23.8. The zero-order valence-electron chi connectivity index (χ0n) is 53.4. The number of hydrogen-bond acceptors (Lipinski definition) is 7. The predicted octanol–water partition coefficient (Wildman–Crippen LogP) is 20.7. The maximum absolute atomic E-state index is 12.9. The molecule has 0 radical (unpaired) electrons. The number of carbonyl (C=O) groups is 3. The molecule has 0 aromatic rings. The first-order valence-electron chi connectivity index (χ1n) is 33.8. The average molecular weight is 1140 g/mol. The molecule has 0 heterocycles. The van der Waals surface area contributed by atoms with Gasteiger partial charge in [0.2, 0.25) is 0 Å². The van der Waals surface area contributed by atoms with Gasteiger partial charge in [-0.3, -0.25) is 9.59 Å². The topological polar surface area (TPSA) is 108 Å². The number of esters is 2. The highest BCUT2D eigenvalue weighted by molar-refractivity contribution is 5.71. The summed E-state index contributed by atoms with van der Waals surface area (Å²) in [4.78, 5) is 37.6. The molecule has 0 saturated heterocycles. The molecular formula is C72H128NO8+. The Kier molecular flexibility index (Phi) is 59.8. The van der Waals surface area contributed by atoms with Crippen LogP contribution in [-0.4, -0.2) is 87.4 Å². The van der Waals surface area contributed by atoms with Crippen LogP contribution in [-0.2, 0) is 33.3 Å². The Morgan fingerprint density at radius 2 is 0.704 bits per heavy atom. The highest BCUT2D eigenvalue weighted by Gasteiger charge is 2.25. The number of carboxylic acid groups (broad SMARTS) is 1. The third-order valence-corrected chi connectivity index (χ3v) is 14.7. The van der Waals surface area contributed by atoms with Gasteiger partial charge in [0.05, 0.1) is 34.4 Å². The van der Waals surface area contributed by atoms with Crippen LogP contribution in [0, 0.1) is 0 Å². The fraction of sp³-hybridized carbons (Fsp3) is 0.764. The van der Waals surface area contributed by atoms with Crippen LogP contribution in [0.25, 0.3) is 0 Å².